The van der Waals surface area contributed by atoms with Gasteiger partial charge in [0.05, 0.1) is 35.8 Å². The van der Waals surface area contributed by atoms with Crippen molar-refractivity contribution in [2.75, 3.05) is 13.7 Å². The summed E-state index contributed by atoms with van der Waals surface area (Å²) in [5.74, 6) is -0.111. The zero-order valence-corrected chi connectivity index (χ0v) is 23.3. The zero-order valence-electron chi connectivity index (χ0n) is 21.7. The fraction of sp³-hybridized carbons (Fsp3) is 0.129. The molecule has 9 heteroatoms. The number of halogens is 1. The third kappa shape index (κ3) is 5.83. The number of nitrogens with zero attached hydrogens (tertiary/aromatic N) is 1. The van der Waals surface area contributed by atoms with Gasteiger partial charge in [0.2, 0.25) is 0 Å². The second-order valence-electron chi connectivity index (χ2n) is 8.83. The van der Waals surface area contributed by atoms with Crippen LogP contribution < -0.4 is 14.2 Å². The number of fused-ring (bicyclic) bond motifs is 1. The molecule has 1 heterocycles. The van der Waals surface area contributed by atoms with Crippen LogP contribution >= 0.6 is 23.4 Å². The van der Waals surface area contributed by atoms with Crippen LogP contribution in [0.3, 0.4) is 0 Å². The largest absolute Gasteiger partial charge is 0.497 e. The molecule has 0 aliphatic carbocycles. The lowest BCUT2D eigenvalue weighted by molar-refractivity contribution is -0.123. The molecule has 0 N–H and O–H groups in total. The smallest absolute Gasteiger partial charge is 0.343 e. The number of hydrogen-bond donors (Lipinski definition) is 0. The Balaban J connectivity index is 1.37. The molecule has 7 nitrogen and oxygen atoms in total. The summed E-state index contributed by atoms with van der Waals surface area (Å²) in [6.07, 6.45) is 1.58. The molecule has 1 aliphatic heterocycles. The van der Waals surface area contributed by atoms with Crippen LogP contribution in [0.4, 0.5) is 4.79 Å². The highest BCUT2D eigenvalue weighted by Crippen LogP contribution is 2.40. The monoisotopic (exact) mass is 573 g/mol. The van der Waals surface area contributed by atoms with Crippen molar-refractivity contribution >= 4 is 57.3 Å². The van der Waals surface area contributed by atoms with E-state index in [0.717, 1.165) is 28.1 Å². The van der Waals surface area contributed by atoms with Crippen molar-refractivity contribution in [1.82, 2.24) is 4.90 Å². The minimum atomic E-state index is -0.618. The molecule has 1 aliphatic rings. The first-order valence-corrected chi connectivity index (χ1v) is 13.6. The number of ether oxygens (including phenoxy) is 3. The summed E-state index contributed by atoms with van der Waals surface area (Å²) in [5.41, 5.74) is 1.68. The van der Waals surface area contributed by atoms with Crippen LogP contribution in [0.25, 0.3) is 16.8 Å². The Morgan fingerprint density at radius 1 is 0.975 bits per heavy atom. The van der Waals surface area contributed by atoms with Crippen LogP contribution in [0.2, 0.25) is 5.02 Å². The zero-order chi connectivity index (χ0) is 28.2. The maximum Gasteiger partial charge on any atom is 0.343 e. The van der Waals surface area contributed by atoms with Crippen LogP contribution in [0.1, 0.15) is 28.4 Å². The molecule has 5 rings (SSSR count). The molecule has 1 saturated heterocycles. The Morgan fingerprint density at radius 2 is 1.73 bits per heavy atom. The van der Waals surface area contributed by atoms with E-state index < -0.39 is 11.9 Å². The van der Waals surface area contributed by atoms with E-state index in [1.165, 1.54) is 12.0 Å². The van der Waals surface area contributed by atoms with E-state index in [0.29, 0.717) is 16.9 Å². The first kappa shape index (κ1) is 27.3. The van der Waals surface area contributed by atoms with Gasteiger partial charge in [-0.25, -0.2) is 4.79 Å². The summed E-state index contributed by atoms with van der Waals surface area (Å²) in [5, 5.41) is 1.88. The third-order valence-corrected chi connectivity index (χ3v) is 7.37. The number of thioether (sulfide) groups is 1. The van der Waals surface area contributed by atoms with E-state index in [1.807, 2.05) is 42.5 Å². The molecule has 4 aromatic carbocycles. The molecule has 0 bridgehead atoms. The lowest BCUT2D eigenvalue weighted by Gasteiger charge is -2.14. The maximum atomic E-state index is 13.2. The normalized spacial score (nSPS) is 14.2. The molecule has 0 unspecified atom stereocenters. The van der Waals surface area contributed by atoms with Gasteiger partial charge in [-0.2, -0.15) is 0 Å². The second kappa shape index (κ2) is 11.9. The van der Waals surface area contributed by atoms with E-state index in [2.05, 4.69) is 0 Å². The van der Waals surface area contributed by atoms with Crippen molar-refractivity contribution in [1.29, 1.82) is 0 Å². The van der Waals surface area contributed by atoms with Gasteiger partial charge in [-0.1, -0.05) is 48.0 Å². The quantitative estimate of drug-likeness (QED) is 0.124. The number of carbonyl (C=O) groups is 3. The van der Waals surface area contributed by atoms with Gasteiger partial charge in [0.1, 0.15) is 5.75 Å². The number of benzene rings is 4. The molecular weight excluding hydrogens is 550 g/mol. The van der Waals surface area contributed by atoms with Crippen molar-refractivity contribution in [3.8, 4) is 17.2 Å². The van der Waals surface area contributed by atoms with Crippen molar-refractivity contribution in [2.45, 2.75) is 13.5 Å². The summed E-state index contributed by atoms with van der Waals surface area (Å²) in [4.78, 5) is 40.1. The van der Waals surface area contributed by atoms with Crippen molar-refractivity contribution in [3.63, 3.8) is 0 Å². The summed E-state index contributed by atoms with van der Waals surface area (Å²) in [6.45, 7) is 2.24. The average Bonchev–Trinajstić information content (AvgIpc) is 3.22. The number of carbonyl (C=O) groups excluding carboxylic acids is 3. The summed E-state index contributed by atoms with van der Waals surface area (Å²) in [7, 11) is 1.54. The number of hydrogen-bond acceptors (Lipinski definition) is 7. The van der Waals surface area contributed by atoms with Crippen LogP contribution in [-0.4, -0.2) is 35.7 Å². The summed E-state index contributed by atoms with van der Waals surface area (Å²) >= 11 is 7.37. The topological polar surface area (TPSA) is 82.1 Å². The first-order chi connectivity index (χ1) is 19.4. The van der Waals surface area contributed by atoms with Crippen LogP contribution in [0, 0.1) is 0 Å². The molecule has 0 spiro atoms. The number of imide groups is 1. The SMILES string of the molecule is CCOc1cc(/C=C2\SC(=O)N(Cc3ccc4ccccc4c3)C2=O)cc(Cl)c1OC(=O)c1ccc(OC)cc1. The number of methoxy groups -OCH3 is 1. The highest BCUT2D eigenvalue weighted by molar-refractivity contribution is 8.18. The molecule has 202 valence electrons. The van der Waals surface area contributed by atoms with Gasteiger partial charge in [0.15, 0.2) is 11.5 Å². The molecule has 0 atom stereocenters. The average molecular weight is 574 g/mol. The van der Waals surface area contributed by atoms with Gasteiger partial charge >= 0.3 is 5.97 Å². The number of rotatable bonds is 8. The maximum absolute atomic E-state index is 13.2. The fourth-order valence-electron chi connectivity index (χ4n) is 4.22. The molecule has 2 amide bonds. The van der Waals surface area contributed by atoms with Gasteiger partial charge in [-0.15, -0.1) is 0 Å². The third-order valence-electron chi connectivity index (χ3n) is 6.18. The van der Waals surface area contributed by atoms with Gasteiger partial charge in [-0.3, -0.25) is 14.5 Å². The molecule has 0 radical (unpaired) electrons. The molecular formula is C31H24ClNO6S. The molecule has 40 heavy (non-hydrogen) atoms. The second-order valence-corrected chi connectivity index (χ2v) is 10.2. The Morgan fingerprint density at radius 3 is 2.45 bits per heavy atom. The van der Waals surface area contributed by atoms with Gasteiger partial charge in [0, 0.05) is 0 Å². The number of esters is 1. The fourth-order valence-corrected chi connectivity index (χ4v) is 5.32. The summed E-state index contributed by atoms with van der Waals surface area (Å²) < 4.78 is 16.4. The molecule has 4 aromatic rings. The Hall–Kier alpha value is -4.27. The van der Waals surface area contributed by atoms with Crippen molar-refractivity contribution in [3.05, 3.63) is 105 Å². The van der Waals surface area contributed by atoms with E-state index >= 15 is 0 Å². The minimum Gasteiger partial charge on any atom is -0.497 e. The Labute approximate surface area is 240 Å². The Bertz CT molecular complexity index is 1650. The first-order valence-electron chi connectivity index (χ1n) is 12.4. The molecule has 0 saturated carbocycles. The van der Waals surface area contributed by atoms with Gasteiger partial charge in [0.25, 0.3) is 11.1 Å². The Kier molecular flexibility index (Phi) is 8.09. The van der Waals surface area contributed by atoms with Gasteiger partial charge < -0.3 is 14.2 Å². The van der Waals surface area contributed by atoms with Crippen LogP contribution in [0.15, 0.2) is 83.8 Å². The van der Waals surface area contributed by atoms with Crippen LogP contribution in [0.5, 0.6) is 17.2 Å². The standard InChI is InChI=1S/C31H24ClNO6S/c1-3-38-26-16-20(15-25(32)28(26)39-30(35)22-10-12-24(37-2)13-11-22)17-27-29(34)33(31(36)40-27)18-19-8-9-21-6-4-5-7-23(21)14-19/h4-17H,3,18H2,1-2H3/b27-17-. The predicted molar refractivity (Wildman–Crippen MR) is 156 cm³/mol. The highest BCUT2D eigenvalue weighted by atomic mass is 35.5. The predicted octanol–water partition coefficient (Wildman–Crippen LogP) is 7.36. The van der Waals surface area contributed by atoms with Crippen molar-refractivity contribution in [2.24, 2.45) is 0 Å². The van der Waals surface area contributed by atoms with E-state index in [1.54, 1.807) is 49.4 Å². The molecule has 0 aromatic heterocycles. The minimum absolute atomic E-state index is 0.0610. The highest BCUT2D eigenvalue weighted by Gasteiger charge is 2.35. The van der Waals surface area contributed by atoms with E-state index in [4.69, 9.17) is 25.8 Å². The van der Waals surface area contributed by atoms with Crippen LogP contribution in [-0.2, 0) is 11.3 Å². The lowest BCUT2D eigenvalue weighted by Crippen LogP contribution is -2.27. The van der Waals surface area contributed by atoms with Gasteiger partial charge in [-0.05, 0) is 89.1 Å². The lowest BCUT2D eigenvalue weighted by atomic mass is 10.1. The van der Waals surface area contributed by atoms with E-state index in [-0.39, 0.29) is 39.8 Å². The van der Waals surface area contributed by atoms with Crippen molar-refractivity contribution < 1.29 is 28.6 Å². The van der Waals surface area contributed by atoms with E-state index in [9.17, 15) is 14.4 Å². The summed E-state index contributed by atoms with van der Waals surface area (Å²) in [6, 6.07) is 23.4. The number of amides is 2. The molecule has 1 fully saturated rings.